The van der Waals surface area contributed by atoms with Crippen LogP contribution in [0.4, 0.5) is 11.6 Å². The Morgan fingerprint density at radius 3 is 2.94 bits per heavy atom. The second kappa shape index (κ2) is 8.25. The second-order valence-electron chi connectivity index (χ2n) is 3.68. The first-order valence-corrected chi connectivity index (χ1v) is 5.98. The van der Waals surface area contributed by atoms with Gasteiger partial charge in [-0.15, -0.1) is 0 Å². The van der Waals surface area contributed by atoms with Gasteiger partial charge in [-0.25, -0.2) is 4.98 Å². The molecule has 0 atom stereocenters. The largest absolute Gasteiger partial charge is 0.383 e. The molecule has 1 N–H and O–H groups in total. The van der Waals surface area contributed by atoms with E-state index in [0.717, 1.165) is 18.2 Å². The van der Waals surface area contributed by atoms with E-state index in [9.17, 15) is 0 Å². The smallest absolute Gasteiger partial charge is 0.149 e. The quantitative estimate of drug-likeness (QED) is 0.748. The van der Waals surface area contributed by atoms with Gasteiger partial charge in [-0.2, -0.15) is 5.26 Å². The number of aromatic nitrogens is 2. The topological polar surface area (TPSA) is 74.1 Å². The maximum atomic E-state index is 8.67. The van der Waals surface area contributed by atoms with Crippen LogP contribution in [0.15, 0.2) is 12.4 Å². The monoisotopic (exact) mass is 249 g/mol. The van der Waals surface area contributed by atoms with E-state index in [2.05, 4.69) is 21.4 Å². The molecule has 0 saturated heterocycles. The molecule has 0 saturated carbocycles. The molecule has 0 fully saturated rings. The molecule has 98 valence electrons. The molecule has 1 heterocycles. The van der Waals surface area contributed by atoms with Crippen molar-refractivity contribution in [2.24, 2.45) is 0 Å². The number of ether oxygens (including phenoxy) is 1. The van der Waals surface area contributed by atoms with Crippen molar-refractivity contribution < 1.29 is 4.74 Å². The molecule has 1 aromatic heterocycles. The van der Waals surface area contributed by atoms with Gasteiger partial charge in [0.05, 0.1) is 31.5 Å². The van der Waals surface area contributed by atoms with E-state index in [1.165, 1.54) is 0 Å². The van der Waals surface area contributed by atoms with E-state index in [1.807, 2.05) is 11.8 Å². The molecular formula is C12H19N5O. The third-order valence-corrected chi connectivity index (χ3v) is 2.36. The first-order chi connectivity index (χ1) is 8.81. The van der Waals surface area contributed by atoms with Gasteiger partial charge in [0.1, 0.15) is 11.6 Å². The Balaban J connectivity index is 2.75. The predicted molar refractivity (Wildman–Crippen MR) is 70.5 cm³/mol. The number of nitrogens with zero attached hydrogens (tertiary/aromatic N) is 4. The Bertz CT molecular complexity index is 390. The minimum Gasteiger partial charge on any atom is -0.383 e. The van der Waals surface area contributed by atoms with Crippen LogP contribution in [0.3, 0.4) is 0 Å². The van der Waals surface area contributed by atoms with Gasteiger partial charge in [0.2, 0.25) is 0 Å². The van der Waals surface area contributed by atoms with Crippen molar-refractivity contribution >= 4 is 11.6 Å². The van der Waals surface area contributed by atoms with E-state index in [1.54, 1.807) is 19.5 Å². The Labute approximate surface area is 108 Å². The van der Waals surface area contributed by atoms with E-state index < -0.39 is 0 Å². The van der Waals surface area contributed by atoms with Crippen molar-refractivity contribution in [2.45, 2.75) is 13.3 Å². The van der Waals surface area contributed by atoms with E-state index >= 15 is 0 Å². The third-order valence-electron chi connectivity index (χ3n) is 2.36. The van der Waals surface area contributed by atoms with Crippen molar-refractivity contribution in [1.29, 1.82) is 5.26 Å². The van der Waals surface area contributed by atoms with Crippen molar-refractivity contribution in [3.05, 3.63) is 12.4 Å². The van der Waals surface area contributed by atoms with Crippen LogP contribution in [0.25, 0.3) is 0 Å². The summed E-state index contributed by atoms with van der Waals surface area (Å²) < 4.78 is 5.06. The average molecular weight is 249 g/mol. The first-order valence-electron chi connectivity index (χ1n) is 5.98. The minimum atomic E-state index is 0.455. The zero-order chi connectivity index (χ0) is 13.2. The van der Waals surface area contributed by atoms with Crippen molar-refractivity contribution in [3.63, 3.8) is 0 Å². The maximum absolute atomic E-state index is 8.67. The molecular weight excluding hydrogens is 230 g/mol. The van der Waals surface area contributed by atoms with Crippen LogP contribution >= 0.6 is 0 Å². The van der Waals surface area contributed by atoms with Gasteiger partial charge in [-0.3, -0.25) is 4.98 Å². The Kier molecular flexibility index (Phi) is 6.51. The molecule has 18 heavy (non-hydrogen) atoms. The first kappa shape index (κ1) is 14.2. The fourth-order valence-electron chi connectivity index (χ4n) is 1.50. The molecule has 0 bridgehead atoms. The summed E-state index contributed by atoms with van der Waals surface area (Å²) >= 11 is 0. The summed E-state index contributed by atoms with van der Waals surface area (Å²) in [5.41, 5.74) is 0. The number of rotatable bonds is 8. The summed E-state index contributed by atoms with van der Waals surface area (Å²) in [4.78, 5) is 10.6. The molecule has 0 unspecified atom stereocenters. The van der Waals surface area contributed by atoms with Crippen LogP contribution < -0.4 is 10.2 Å². The van der Waals surface area contributed by atoms with E-state index in [-0.39, 0.29) is 0 Å². The Morgan fingerprint density at radius 1 is 1.44 bits per heavy atom. The lowest BCUT2D eigenvalue weighted by molar-refractivity contribution is 0.205. The number of hydrogen-bond acceptors (Lipinski definition) is 6. The molecule has 0 radical (unpaired) electrons. The molecule has 0 aliphatic heterocycles. The van der Waals surface area contributed by atoms with Crippen LogP contribution in [-0.2, 0) is 4.74 Å². The van der Waals surface area contributed by atoms with E-state index in [0.29, 0.717) is 26.1 Å². The van der Waals surface area contributed by atoms with Gasteiger partial charge in [-0.1, -0.05) is 0 Å². The van der Waals surface area contributed by atoms with Crippen LogP contribution in [-0.4, -0.2) is 43.3 Å². The summed E-state index contributed by atoms with van der Waals surface area (Å²) in [6, 6.07) is 2.14. The maximum Gasteiger partial charge on any atom is 0.149 e. The number of anilines is 2. The van der Waals surface area contributed by atoms with Gasteiger partial charge in [0, 0.05) is 26.7 Å². The molecule has 6 heteroatoms. The van der Waals surface area contributed by atoms with Crippen LogP contribution in [0, 0.1) is 11.3 Å². The SMILES string of the molecule is CCNc1cncc(N(CCC#N)CCOC)n1. The number of methoxy groups -OCH3 is 1. The summed E-state index contributed by atoms with van der Waals surface area (Å²) in [7, 11) is 1.66. The molecule has 0 spiro atoms. The molecule has 1 aromatic rings. The fourth-order valence-corrected chi connectivity index (χ4v) is 1.50. The number of nitrogens with one attached hydrogen (secondary N) is 1. The van der Waals surface area contributed by atoms with Crippen LogP contribution in [0.5, 0.6) is 0 Å². The number of hydrogen-bond donors (Lipinski definition) is 1. The normalized spacial score (nSPS) is 9.83. The minimum absolute atomic E-state index is 0.455. The lowest BCUT2D eigenvalue weighted by Gasteiger charge is -2.22. The van der Waals surface area contributed by atoms with Gasteiger partial charge in [0.25, 0.3) is 0 Å². The molecule has 0 aromatic carbocycles. The zero-order valence-electron chi connectivity index (χ0n) is 10.9. The van der Waals surface area contributed by atoms with Crippen molar-refractivity contribution in [1.82, 2.24) is 9.97 Å². The van der Waals surface area contributed by atoms with E-state index in [4.69, 9.17) is 10.00 Å². The van der Waals surface area contributed by atoms with Gasteiger partial charge >= 0.3 is 0 Å². The Morgan fingerprint density at radius 2 is 2.28 bits per heavy atom. The average Bonchev–Trinajstić information content (AvgIpc) is 2.40. The predicted octanol–water partition coefficient (Wildman–Crippen LogP) is 1.27. The highest BCUT2D eigenvalue weighted by Gasteiger charge is 2.08. The van der Waals surface area contributed by atoms with Crippen LogP contribution in [0.2, 0.25) is 0 Å². The highest BCUT2D eigenvalue weighted by Crippen LogP contribution is 2.12. The van der Waals surface area contributed by atoms with Gasteiger partial charge in [-0.05, 0) is 6.92 Å². The standard InChI is InChI=1S/C12H19N5O/c1-3-15-11-9-14-10-12(16-11)17(6-4-5-13)7-8-18-2/h9-10H,3-4,6-8H2,1-2H3,(H,15,16). The van der Waals surface area contributed by atoms with Crippen molar-refractivity contribution in [2.75, 3.05) is 43.6 Å². The molecule has 0 aliphatic carbocycles. The molecule has 0 amide bonds. The summed E-state index contributed by atoms with van der Waals surface area (Å²) in [6.45, 7) is 4.73. The van der Waals surface area contributed by atoms with Crippen LogP contribution in [0.1, 0.15) is 13.3 Å². The van der Waals surface area contributed by atoms with Crippen molar-refractivity contribution in [3.8, 4) is 6.07 Å². The van der Waals surface area contributed by atoms with Gasteiger partial charge < -0.3 is 15.0 Å². The lowest BCUT2D eigenvalue weighted by atomic mass is 10.4. The van der Waals surface area contributed by atoms with Gasteiger partial charge in [0.15, 0.2) is 0 Å². The third kappa shape index (κ3) is 4.55. The molecule has 6 nitrogen and oxygen atoms in total. The lowest BCUT2D eigenvalue weighted by Crippen LogP contribution is -2.29. The summed E-state index contributed by atoms with van der Waals surface area (Å²) in [5, 5.41) is 11.8. The fraction of sp³-hybridized carbons (Fsp3) is 0.583. The summed E-state index contributed by atoms with van der Waals surface area (Å²) in [5.74, 6) is 1.51. The Hall–Kier alpha value is -1.87. The zero-order valence-corrected chi connectivity index (χ0v) is 10.9. The molecule has 1 rings (SSSR count). The summed E-state index contributed by atoms with van der Waals surface area (Å²) in [6.07, 6.45) is 3.84. The highest BCUT2D eigenvalue weighted by atomic mass is 16.5. The molecule has 0 aliphatic rings. The number of nitriles is 1. The second-order valence-corrected chi connectivity index (χ2v) is 3.68. The highest BCUT2D eigenvalue weighted by molar-refractivity contribution is 5.43.